The van der Waals surface area contributed by atoms with Crippen LogP contribution in [-0.4, -0.2) is 32.2 Å². The Balaban J connectivity index is 2.03. The number of hydrogen-bond acceptors (Lipinski definition) is 4. The van der Waals surface area contributed by atoms with Gasteiger partial charge < -0.3 is 5.11 Å². The summed E-state index contributed by atoms with van der Waals surface area (Å²) in [5.74, 6) is -1.02. The van der Waals surface area contributed by atoms with Gasteiger partial charge in [-0.15, -0.1) is 0 Å². The van der Waals surface area contributed by atoms with Crippen LogP contribution in [0, 0.1) is 10.6 Å². The Morgan fingerprint density at radius 1 is 1.25 bits per heavy atom. The van der Waals surface area contributed by atoms with Crippen molar-refractivity contribution in [3.05, 3.63) is 70.2 Å². The van der Waals surface area contributed by atoms with Gasteiger partial charge in [0.15, 0.2) is 5.82 Å². The maximum Gasteiger partial charge on any atom is 0.336 e. The second kappa shape index (κ2) is 6.55. The zero-order valence-electron chi connectivity index (χ0n) is 12.2. The number of nitrogens with zero attached hydrogens (tertiary/aromatic N) is 3. The molecule has 0 atom stereocenters. The molecule has 0 aliphatic heterocycles. The third-order valence-electron chi connectivity index (χ3n) is 3.26. The van der Waals surface area contributed by atoms with Crippen molar-refractivity contribution in [2.24, 2.45) is 5.10 Å². The van der Waals surface area contributed by atoms with Gasteiger partial charge in [-0.3, -0.25) is 0 Å². The molecule has 0 bridgehead atoms. The summed E-state index contributed by atoms with van der Waals surface area (Å²) >= 11 is 5.14. The fourth-order valence-corrected chi connectivity index (χ4v) is 2.29. The number of carbonyl (C=O) groups is 1. The molecule has 0 saturated heterocycles. The van der Waals surface area contributed by atoms with Crippen molar-refractivity contribution in [1.82, 2.24) is 14.9 Å². The van der Waals surface area contributed by atoms with Gasteiger partial charge in [-0.2, -0.15) is 14.9 Å². The zero-order valence-corrected chi connectivity index (χ0v) is 13.0. The van der Waals surface area contributed by atoms with Gasteiger partial charge in [-0.1, -0.05) is 18.2 Å². The molecule has 3 rings (SSSR count). The summed E-state index contributed by atoms with van der Waals surface area (Å²) in [6, 6.07) is 12.2. The van der Waals surface area contributed by atoms with E-state index in [-0.39, 0.29) is 16.2 Å². The first-order chi connectivity index (χ1) is 11.6. The van der Waals surface area contributed by atoms with Crippen molar-refractivity contribution >= 4 is 24.4 Å². The number of halogens is 1. The van der Waals surface area contributed by atoms with Crippen LogP contribution in [0.25, 0.3) is 11.4 Å². The van der Waals surface area contributed by atoms with Crippen LogP contribution < -0.4 is 0 Å². The van der Waals surface area contributed by atoms with Crippen molar-refractivity contribution in [1.29, 1.82) is 0 Å². The number of aromatic carboxylic acids is 1. The topological polar surface area (TPSA) is 83.3 Å². The molecule has 0 unspecified atom stereocenters. The summed E-state index contributed by atoms with van der Waals surface area (Å²) in [7, 11) is 0. The minimum atomic E-state index is -1.05. The summed E-state index contributed by atoms with van der Waals surface area (Å²) < 4.78 is 14.6. The van der Waals surface area contributed by atoms with E-state index in [1.165, 1.54) is 29.1 Å². The fourth-order valence-electron chi connectivity index (χ4n) is 2.11. The molecule has 0 radical (unpaired) electrons. The summed E-state index contributed by atoms with van der Waals surface area (Å²) in [5, 5.41) is 20.1. The van der Waals surface area contributed by atoms with Crippen LogP contribution >= 0.6 is 12.2 Å². The number of aromatic nitrogens is 3. The Morgan fingerprint density at radius 2 is 1.96 bits per heavy atom. The Labute approximate surface area is 140 Å². The summed E-state index contributed by atoms with van der Waals surface area (Å²) in [6.45, 7) is 0. The van der Waals surface area contributed by atoms with Crippen LogP contribution in [0.5, 0.6) is 0 Å². The van der Waals surface area contributed by atoms with Gasteiger partial charge >= 0.3 is 5.97 Å². The van der Waals surface area contributed by atoms with E-state index in [9.17, 15) is 14.3 Å². The maximum atomic E-state index is 13.1. The molecule has 0 spiro atoms. The Kier molecular flexibility index (Phi) is 4.30. The van der Waals surface area contributed by atoms with Crippen molar-refractivity contribution in [3.8, 4) is 11.4 Å². The fraction of sp³-hybridized carbons (Fsp3) is 0. The molecule has 120 valence electrons. The number of rotatable bonds is 4. The average molecular weight is 342 g/mol. The third-order valence-corrected chi connectivity index (χ3v) is 3.52. The van der Waals surface area contributed by atoms with Crippen molar-refractivity contribution in [2.45, 2.75) is 0 Å². The van der Waals surface area contributed by atoms with E-state index in [1.54, 1.807) is 30.3 Å². The number of carboxylic acids is 1. The summed E-state index contributed by atoms with van der Waals surface area (Å²) in [5.41, 5.74) is 1.17. The molecule has 2 N–H and O–H groups in total. The highest BCUT2D eigenvalue weighted by molar-refractivity contribution is 7.71. The number of nitrogens with one attached hydrogen (secondary N) is 1. The van der Waals surface area contributed by atoms with Gasteiger partial charge in [0.1, 0.15) is 5.82 Å². The Hall–Kier alpha value is -3.13. The first-order valence-electron chi connectivity index (χ1n) is 6.86. The lowest BCUT2D eigenvalue weighted by molar-refractivity contribution is 0.0697. The maximum absolute atomic E-state index is 13.1. The molecule has 1 aromatic heterocycles. The Morgan fingerprint density at radius 3 is 2.67 bits per heavy atom. The second-order valence-electron chi connectivity index (χ2n) is 4.81. The van der Waals surface area contributed by atoms with E-state index in [1.807, 2.05) is 0 Å². The van der Waals surface area contributed by atoms with Crippen molar-refractivity contribution in [3.63, 3.8) is 0 Å². The highest BCUT2D eigenvalue weighted by Crippen LogP contribution is 2.17. The van der Waals surface area contributed by atoms with E-state index < -0.39 is 5.97 Å². The van der Waals surface area contributed by atoms with Crippen molar-refractivity contribution < 1.29 is 14.3 Å². The molecule has 24 heavy (non-hydrogen) atoms. The number of benzene rings is 2. The average Bonchev–Trinajstić information content (AvgIpc) is 2.94. The third kappa shape index (κ3) is 3.13. The number of carboxylic acid groups (broad SMARTS) is 1. The molecule has 8 heteroatoms. The van der Waals surface area contributed by atoms with E-state index >= 15 is 0 Å². The molecule has 0 aliphatic rings. The van der Waals surface area contributed by atoms with Crippen LogP contribution in [0.1, 0.15) is 15.9 Å². The van der Waals surface area contributed by atoms with Gasteiger partial charge in [-0.25, -0.2) is 14.3 Å². The van der Waals surface area contributed by atoms with Gasteiger partial charge in [0.25, 0.3) is 0 Å². The molecule has 0 amide bonds. The quantitative estimate of drug-likeness (QED) is 0.563. The van der Waals surface area contributed by atoms with Gasteiger partial charge in [0.2, 0.25) is 4.77 Å². The SMILES string of the molecule is O=C(O)c1ccccc1C=Nn1c(-c2ccc(F)cc2)n[nH]c1=S. The first kappa shape index (κ1) is 15.8. The number of aromatic amines is 1. The molecule has 2 aromatic carbocycles. The van der Waals surface area contributed by atoms with Crippen LogP contribution in [0.15, 0.2) is 53.6 Å². The lowest BCUT2D eigenvalue weighted by Gasteiger charge is -2.02. The predicted octanol–water partition coefficient (Wildman–Crippen LogP) is 3.33. The van der Waals surface area contributed by atoms with Crippen molar-refractivity contribution in [2.75, 3.05) is 0 Å². The summed E-state index contributed by atoms with van der Waals surface area (Å²) in [4.78, 5) is 11.2. The Bertz CT molecular complexity index is 976. The molecule has 6 nitrogen and oxygen atoms in total. The van der Waals surface area contributed by atoms with Gasteiger partial charge in [0, 0.05) is 11.1 Å². The highest BCUT2D eigenvalue weighted by Gasteiger charge is 2.10. The van der Waals surface area contributed by atoms with E-state index in [0.29, 0.717) is 17.0 Å². The minimum absolute atomic E-state index is 0.125. The van der Waals surface area contributed by atoms with Crippen LogP contribution in [0.2, 0.25) is 0 Å². The molecular weight excluding hydrogens is 331 g/mol. The number of H-pyrrole nitrogens is 1. The smallest absolute Gasteiger partial charge is 0.336 e. The standard InChI is InChI=1S/C16H11FN4O2S/c17-12-7-5-10(6-8-12)14-19-20-16(24)21(14)18-9-11-3-1-2-4-13(11)15(22)23/h1-9H,(H,20,24)(H,22,23). The minimum Gasteiger partial charge on any atom is -0.478 e. The van der Waals surface area contributed by atoms with Crippen LogP contribution in [0.4, 0.5) is 4.39 Å². The molecule has 0 fully saturated rings. The molecule has 3 aromatic rings. The molecular formula is C16H11FN4O2S. The molecule has 1 heterocycles. The second-order valence-corrected chi connectivity index (χ2v) is 5.19. The normalized spacial score (nSPS) is 11.0. The molecule has 0 saturated carbocycles. The lowest BCUT2D eigenvalue weighted by Crippen LogP contribution is -2.02. The monoisotopic (exact) mass is 342 g/mol. The van der Waals surface area contributed by atoms with Gasteiger partial charge in [0.05, 0.1) is 11.8 Å². The summed E-state index contributed by atoms with van der Waals surface area (Å²) in [6.07, 6.45) is 1.39. The largest absolute Gasteiger partial charge is 0.478 e. The first-order valence-corrected chi connectivity index (χ1v) is 7.27. The lowest BCUT2D eigenvalue weighted by atomic mass is 10.1. The highest BCUT2D eigenvalue weighted by atomic mass is 32.1. The number of hydrogen-bond donors (Lipinski definition) is 2. The van der Waals surface area contributed by atoms with E-state index in [2.05, 4.69) is 15.3 Å². The predicted molar refractivity (Wildman–Crippen MR) is 89.2 cm³/mol. The zero-order chi connectivity index (χ0) is 17.1. The van der Waals surface area contributed by atoms with E-state index in [0.717, 1.165) is 0 Å². The van der Waals surface area contributed by atoms with E-state index in [4.69, 9.17) is 12.2 Å². The van der Waals surface area contributed by atoms with Crippen LogP contribution in [-0.2, 0) is 0 Å². The molecule has 0 aliphatic carbocycles. The van der Waals surface area contributed by atoms with Crippen LogP contribution in [0.3, 0.4) is 0 Å². The van der Waals surface area contributed by atoms with Gasteiger partial charge in [-0.05, 0) is 42.5 Å².